The number of carbonyl (C=O) groups is 3. The number of aryl methyl sites for hydroxylation is 1. The minimum absolute atomic E-state index is 0.159. The molecule has 0 saturated heterocycles. The molecule has 9 heteroatoms. The van der Waals surface area contributed by atoms with Crippen molar-refractivity contribution in [3.8, 4) is 0 Å². The first-order valence-electron chi connectivity index (χ1n) is 10.3. The first kappa shape index (κ1) is 23.5. The molecule has 0 atom stereocenters. The van der Waals surface area contributed by atoms with Crippen LogP contribution in [0.25, 0.3) is 10.2 Å². The van der Waals surface area contributed by atoms with Gasteiger partial charge in [0.15, 0.2) is 4.34 Å². The number of carbonyl (C=O) groups excluding carboxylic acids is 3. The van der Waals surface area contributed by atoms with Crippen molar-refractivity contribution >= 4 is 62.5 Å². The lowest BCUT2D eigenvalue weighted by Crippen LogP contribution is -2.14. The molecule has 34 heavy (non-hydrogen) atoms. The van der Waals surface area contributed by atoms with Crippen molar-refractivity contribution in [3.05, 3.63) is 83.4 Å². The van der Waals surface area contributed by atoms with Crippen LogP contribution in [-0.4, -0.2) is 35.6 Å². The molecular weight excluding hydrogens is 470 g/mol. The Morgan fingerprint density at radius 2 is 1.71 bits per heavy atom. The molecule has 0 spiro atoms. The minimum Gasteiger partial charge on any atom is -0.465 e. The molecule has 7 nitrogen and oxygen atoms in total. The molecule has 0 bridgehead atoms. The maximum atomic E-state index is 12.6. The predicted molar refractivity (Wildman–Crippen MR) is 136 cm³/mol. The van der Waals surface area contributed by atoms with Gasteiger partial charge in [0, 0.05) is 16.9 Å². The Morgan fingerprint density at radius 1 is 0.971 bits per heavy atom. The van der Waals surface area contributed by atoms with Gasteiger partial charge in [-0.1, -0.05) is 30.0 Å². The largest absolute Gasteiger partial charge is 0.465 e. The Balaban J connectivity index is 1.35. The number of amides is 2. The van der Waals surface area contributed by atoms with Gasteiger partial charge in [0.1, 0.15) is 0 Å². The maximum Gasteiger partial charge on any atom is 0.337 e. The summed E-state index contributed by atoms with van der Waals surface area (Å²) >= 11 is 2.80. The van der Waals surface area contributed by atoms with E-state index in [1.54, 1.807) is 30.3 Å². The lowest BCUT2D eigenvalue weighted by molar-refractivity contribution is -0.113. The fourth-order valence-electron chi connectivity index (χ4n) is 3.20. The van der Waals surface area contributed by atoms with Crippen LogP contribution in [0.5, 0.6) is 0 Å². The topological polar surface area (TPSA) is 97.4 Å². The third-order valence-electron chi connectivity index (χ3n) is 4.93. The Labute approximate surface area is 204 Å². The summed E-state index contributed by atoms with van der Waals surface area (Å²) in [5.74, 6) is -0.577. The Hall–Kier alpha value is -3.69. The van der Waals surface area contributed by atoms with E-state index in [0.29, 0.717) is 22.5 Å². The quantitative estimate of drug-likeness (QED) is 0.266. The summed E-state index contributed by atoms with van der Waals surface area (Å²) in [7, 11) is 1.32. The fourth-order valence-corrected chi connectivity index (χ4v) is 5.11. The molecule has 4 rings (SSSR count). The molecule has 2 amide bonds. The van der Waals surface area contributed by atoms with E-state index in [9.17, 15) is 14.4 Å². The maximum absolute atomic E-state index is 12.6. The van der Waals surface area contributed by atoms with E-state index in [0.717, 1.165) is 20.1 Å². The molecule has 172 valence electrons. The molecular formula is C25H21N3O4S2. The van der Waals surface area contributed by atoms with Gasteiger partial charge in [-0.2, -0.15) is 0 Å². The van der Waals surface area contributed by atoms with Gasteiger partial charge in [-0.25, -0.2) is 9.78 Å². The Kier molecular flexibility index (Phi) is 7.24. The summed E-state index contributed by atoms with van der Waals surface area (Å²) in [6.07, 6.45) is 0. The molecule has 4 aromatic rings. The number of ether oxygens (including phenoxy) is 1. The number of aromatic nitrogens is 1. The molecule has 1 aromatic heterocycles. The zero-order chi connectivity index (χ0) is 24.1. The second-order valence-corrected chi connectivity index (χ2v) is 9.59. The van der Waals surface area contributed by atoms with E-state index in [2.05, 4.69) is 20.4 Å². The van der Waals surface area contributed by atoms with Gasteiger partial charge in [0.2, 0.25) is 5.91 Å². The number of thiazole rings is 1. The molecule has 0 fully saturated rings. The molecule has 3 aromatic carbocycles. The SMILES string of the molecule is COC(=O)c1ccc(NC(=O)CSc2nc3ccc(NC(=O)c4ccccc4C)cc3s2)cc1. The van der Waals surface area contributed by atoms with Crippen molar-refractivity contribution < 1.29 is 19.1 Å². The van der Waals surface area contributed by atoms with Crippen LogP contribution in [0.2, 0.25) is 0 Å². The lowest BCUT2D eigenvalue weighted by atomic mass is 10.1. The van der Waals surface area contributed by atoms with E-state index >= 15 is 0 Å². The fraction of sp³-hybridized carbons (Fsp3) is 0.120. The molecule has 0 aliphatic carbocycles. The van der Waals surface area contributed by atoms with E-state index in [1.165, 1.54) is 30.2 Å². The van der Waals surface area contributed by atoms with Gasteiger partial charge in [0.05, 0.1) is 28.6 Å². The summed E-state index contributed by atoms with van der Waals surface area (Å²) < 4.78 is 6.34. The normalized spacial score (nSPS) is 10.6. The Morgan fingerprint density at radius 3 is 2.44 bits per heavy atom. The minimum atomic E-state index is -0.429. The Bertz CT molecular complexity index is 1370. The van der Waals surface area contributed by atoms with Crippen molar-refractivity contribution in [2.75, 3.05) is 23.5 Å². The van der Waals surface area contributed by atoms with Crippen LogP contribution in [0.4, 0.5) is 11.4 Å². The van der Waals surface area contributed by atoms with Crippen LogP contribution in [0.3, 0.4) is 0 Å². The van der Waals surface area contributed by atoms with Crippen LogP contribution in [0, 0.1) is 6.92 Å². The van der Waals surface area contributed by atoms with Crippen molar-refractivity contribution in [1.82, 2.24) is 4.98 Å². The van der Waals surface area contributed by atoms with Crippen LogP contribution in [0.15, 0.2) is 71.1 Å². The van der Waals surface area contributed by atoms with Crippen LogP contribution < -0.4 is 10.6 Å². The number of esters is 1. The average molecular weight is 492 g/mol. The molecule has 2 N–H and O–H groups in total. The number of anilines is 2. The van der Waals surface area contributed by atoms with Gasteiger partial charge < -0.3 is 15.4 Å². The monoisotopic (exact) mass is 491 g/mol. The molecule has 0 saturated carbocycles. The van der Waals surface area contributed by atoms with Crippen LogP contribution >= 0.6 is 23.1 Å². The van der Waals surface area contributed by atoms with Crippen molar-refractivity contribution in [1.29, 1.82) is 0 Å². The number of thioether (sulfide) groups is 1. The van der Waals surface area contributed by atoms with Crippen molar-refractivity contribution in [3.63, 3.8) is 0 Å². The van der Waals surface area contributed by atoms with Gasteiger partial charge in [-0.3, -0.25) is 9.59 Å². The summed E-state index contributed by atoms with van der Waals surface area (Å²) in [5, 5.41) is 5.73. The number of benzene rings is 3. The number of fused-ring (bicyclic) bond motifs is 1. The van der Waals surface area contributed by atoms with Crippen LogP contribution in [-0.2, 0) is 9.53 Å². The second-order valence-electron chi connectivity index (χ2n) is 7.34. The lowest BCUT2D eigenvalue weighted by Gasteiger charge is -2.07. The van der Waals surface area contributed by atoms with Gasteiger partial charge in [-0.05, 0) is 61.0 Å². The highest BCUT2D eigenvalue weighted by Gasteiger charge is 2.12. The molecule has 0 radical (unpaired) electrons. The third-order valence-corrected chi connectivity index (χ3v) is 7.09. The zero-order valence-corrected chi connectivity index (χ0v) is 20.1. The number of rotatable bonds is 7. The van der Waals surface area contributed by atoms with Gasteiger partial charge >= 0.3 is 5.97 Å². The standard InChI is InChI=1S/C25H21N3O4S2/c1-15-5-3-4-6-19(15)23(30)27-18-11-12-20-21(13-18)34-25(28-20)33-14-22(29)26-17-9-7-16(8-10-17)24(31)32-2/h3-13H,14H2,1-2H3,(H,26,29)(H,27,30). The van der Waals surface area contributed by atoms with Gasteiger partial charge in [0.25, 0.3) is 5.91 Å². The summed E-state index contributed by atoms with van der Waals surface area (Å²) in [5.41, 5.74) is 4.05. The smallest absolute Gasteiger partial charge is 0.337 e. The van der Waals surface area contributed by atoms with Crippen molar-refractivity contribution in [2.24, 2.45) is 0 Å². The highest BCUT2D eigenvalue weighted by molar-refractivity contribution is 8.01. The first-order valence-corrected chi connectivity index (χ1v) is 12.1. The van der Waals surface area contributed by atoms with E-state index in [-0.39, 0.29) is 17.6 Å². The van der Waals surface area contributed by atoms with E-state index in [1.807, 2.05) is 43.3 Å². The molecule has 0 unspecified atom stereocenters. The highest BCUT2D eigenvalue weighted by Crippen LogP contribution is 2.31. The predicted octanol–water partition coefficient (Wildman–Crippen LogP) is 5.37. The zero-order valence-electron chi connectivity index (χ0n) is 18.5. The molecule has 0 aliphatic heterocycles. The van der Waals surface area contributed by atoms with E-state index in [4.69, 9.17) is 0 Å². The second kappa shape index (κ2) is 10.5. The number of hydrogen-bond acceptors (Lipinski definition) is 7. The number of hydrogen-bond donors (Lipinski definition) is 2. The van der Waals surface area contributed by atoms with Crippen LogP contribution in [0.1, 0.15) is 26.3 Å². The third kappa shape index (κ3) is 5.62. The molecule has 0 aliphatic rings. The first-order chi connectivity index (χ1) is 16.4. The number of nitrogens with one attached hydrogen (secondary N) is 2. The van der Waals surface area contributed by atoms with Crippen molar-refractivity contribution in [2.45, 2.75) is 11.3 Å². The van der Waals surface area contributed by atoms with Gasteiger partial charge in [-0.15, -0.1) is 11.3 Å². The number of methoxy groups -OCH3 is 1. The highest BCUT2D eigenvalue weighted by atomic mass is 32.2. The van der Waals surface area contributed by atoms with E-state index < -0.39 is 5.97 Å². The summed E-state index contributed by atoms with van der Waals surface area (Å²) in [4.78, 5) is 41.0. The number of nitrogens with zero attached hydrogens (tertiary/aromatic N) is 1. The molecule has 1 heterocycles. The average Bonchev–Trinajstić information content (AvgIpc) is 3.25. The summed E-state index contributed by atoms with van der Waals surface area (Å²) in [6.45, 7) is 1.90. The summed E-state index contributed by atoms with van der Waals surface area (Å²) in [6, 6.07) is 19.5.